The van der Waals surface area contributed by atoms with Gasteiger partial charge in [0.1, 0.15) is 13.2 Å². The van der Waals surface area contributed by atoms with Gasteiger partial charge in [-0.3, -0.25) is 9.59 Å². The van der Waals surface area contributed by atoms with E-state index < -0.39 is 12.1 Å². The van der Waals surface area contributed by atoms with E-state index in [1.54, 1.807) is 19.9 Å². The van der Waals surface area contributed by atoms with Crippen molar-refractivity contribution in [3.05, 3.63) is 11.6 Å². The molecule has 0 heterocycles. The molecule has 0 aliphatic carbocycles. The van der Waals surface area contributed by atoms with E-state index in [0.29, 0.717) is 18.4 Å². The fourth-order valence-corrected chi connectivity index (χ4v) is 4.89. The van der Waals surface area contributed by atoms with Crippen LogP contribution in [0.2, 0.25) is 0 Å². The Morgan fingerprint density at radius 1 is 0.524 bits per heavy atom. The molecule has 246 valence electrons. The van der Waals surface area contributed by atoms with Crippen LogP contribution in [0.5, 0.6) is 0 Å². The summed E-state index contributed by atoms with van der Waals surface area (Å²) >= 11 is 0. The van der Waals surface area contributed by atoms with Crippen LogP contribution in [0.1, 0.15) is 182 Å². The highest BCUT2D eigenvalue weighted by molar-refractivity contribution is 5.87. The maximum absolute atomic E-state index is 12.5. The van der Waals surface area contributed by atoms with Crippen molar-refractivity contribution in [2.75, 3.05) is 13.2 Å². The number of carbonyl (C=O) groups is 3. The van der Waals surface area contributed by atoms with Gasteiger partial charge in [0.2, 0.25) is 0 Å². The first-order valence-corrected chi connectivity index (χ1v) is 17.6. The van der Waals surface area contributed by atoms with E-state index in [1.807, 2.05) is 0 Å². The van der Waals surface area contributed by atoms with Crippen molar-refractivity contribution in [2.24, 2.45) is 0 Å². The Morgan fingerprint density at radius 3 is 1.29 bits per heavy atom. The van der Waals surface area contributed by atoms with E-state index in [-0.39, 0.29) is 25.2 Å². The lowest BCUT2D eigenvalue weighted by Crippen LogP contribution is -2.31. The minimum absolute atomic E-state index is 0.0942. The highest BCUT2D eigenvalue weighted by atomic mass is 16.6. The largest absolute Gasteiger partial charge is 0.462 e. The zero-order chi connectivity index (χ0) is 31.1. The third-order valence-corrected chi connectivity index (χ3v) is 7.85. The highest BCUT2D eigenvalue weighted by Crippen LogP contribution is 2.14. The molecule has 0 aromatic carbocycles. The van der Waals surface area contributed by atoms with Crippen LogP contribution in [0.25, 0.3) is 0 Å². The van der Waals surface area contributed by atoms with Crippen molar-refractivity contribution in [1.29, 1.82) is 0 Å². The number of unbranched alkanes of at least 4 members (excludes halogenated alkanes) is 20. The first-order chi connectivity index (χ1) is 20.4. The van der Waals surface area contributed by atoms with E-state index in [1.165, 1.54) is 103 Å². The Labute approximate surface area is 259 Å². The normalized spacial score (nSPS) is 12.2. The number of hydrogen-bond donors (Lipinski definition) is 0. The van der Waals surface area contributed by atoms with E-state index in [2.05, 4.69) is 13.8 Å². The molecule has 6 heteroatoms. The Bertz CT molecular complexity index is 686. The lowest BCUT2D eigenvalue weighted by molar-refractivity contribution is -0.165. The van der Waals surface area contributed by atoms with E-state index in [9.17, 15) is 14.4 Å². The van der Waals surface area contributed by atoms with Gasteiger partial charge in [-0.15, -0.1) is 0 Å². The molecule has 0 aromatic rings. The highest BCUT2D eigenvalue weighted by Gasteiger charge is 2.19. The maximum atomic E-state index is 12.5. The van der Waals surface area contributed by atoms with Crippen LogP contribution < -0.4 is 0 Å². The molecular formula is C36H66O6. The second kappa shape index (κ2) is 30.6. The molecule has 0 saturated carbocycles. The molecule has 0 N–H and O–H groups in total. The summed E-state index contributed by atoms with van der Waals surface area (Å²) < 4.78 is 16.3. The molecule has 6 nitrogen and oxygen atoms in total. The van der Waals surface area contributed by atoms with Gasteiger partial charge in [0.05, 0.1) is 0 Å². The van der Waals surface area contributed by atoms with E-state index >= 15 is 0 Å². The second-order valence-electron chi connectivity index (χ2n) is 11.9. The number of esters is 3. The predicted octanol–water partition coefficient (Wildman–Crippen LogP) is 10.4. The third-order valence-electron chi connectivity index (χ3n) is 7.85. The fraction of sp³-hybridized carbons (Fsp3) is 0.861. The van der Waals surface area contributed by atoms with Crippen LogP contribution in [-0.4, -0.2) is 37.2 Å². The van der Waals surface area contributed by atoms with Crippen molar-refractivity contribution in [3.63, 3.8) is 0 Å². The van der Waals surface area contributed by atoms with Crippen LogP contribution in [-0.2, 0) is 28.6 Å². The zero-order valence-corrected chi connectivity index (χ0v) is 28.0. The first kappa shape index (κ1) is 40.1. The van der Waals surface area contributed by atoms with Gasteiger partial charge in [-0.25, -0.2) is 4.79 Å². The van der Waals surface area contributed by atoms with Gasteiger partial charge in [0.25, 0.3) is 0 Å². The van der Waals surface area contributed by atoms with Gasteiger partial charge in [-0.1, -0.05) is 148 Å². The number of ether oxygens (including phenoxy) is 3. The summed E-state index contributed by atoms with van der Waals surface area (Å²) in [5.74, 6) is -1.10. The smallest absolute Gasteiger partial charge is 0.333 e. The third kappa shape index (κ3) is 27.0. The standard InChI is InChI=1S/C36H66O6/c1-5-8-10-12-14-16-18-20-22-24-26-28-34(37)40-30-33(31-41-36(39)32(4)7-3)42-35(38)29-27-25-23-21-19-17-15-13-11-9-6-2/h7,33H,5-6,8-31H2,1-4H3/b32-7-/t33-/m0/s1. The lowest BCUT2D eigenvalue weighted by atomic mass is 10.1. The second-order valence-corrected chi connectivity index (χ2v) is 11.9. The number of carbonyl (C=O) groups excluding carboxylic acids is 3. The van der Waals surface area contributed by atoms with Crippen LogP contribution in [0, 0.1) is 0 Å². The molecule has 0 spiro atoms. The number of rotatable bonds is 30. The molecule has 0 unspecified atom stereocenters. The van der Waals surface area contributed by atoms with Crippen molar-refractivity contribution < 1.29 is 28.6 Å². The van der Waals surface area contributed by atoms with Gasteiger partial charge in [0.15, 0.2) is 6.10 Å². The average molecular weight is 595 g/mol. The fourth-order valence-electron chi connectivity index (χ4n) is 4.89. The van der Waals surface area contributed by atoms with Gasteiger partial charge >= 0.3 is 17.9 Å². The SMILES string of the molecule is C/C=C(/C)C(=O)OC[C@H](COC(=O)CCCCCCCCCCCCC)OC(=O)CCCCCCCCCCCCC. The molecule has 0 aromatic heterocycles. The molecule has 0 aliphatic rings. The van der Waals surface area contributed by atoms with Crippen molar-refractivity contribution in [2.45, 2.75) is 188 Å². The minimum atomic E-state index is -0.792. The van der Waals surface area contributed by atoms with Gasteiger partial charge in [-0.2, -0.15) is 0 Å². The monoisotopic (exact) mass is 594 g/mol. The quantitative estimate of drug-likeness (QED) is 0.0356. The van der Waals surface area contributed by atoms with Crippen LogP contribution in [0.3, 0.4) is 0 Å². The Morgan fingerprint density at radius 2 is 0.881 bits per heavy atom. The van der Waals surface area contributed by atoms with Crippen molar-refractivity contribution in [3.8, 4) is 0 Å². The van der Waals surface area contributed by atoms with E-state index in [0.717, 1.165) is 38.5 Å². The number of hydrogen-bond acceptors (Lipinski definition) is 6. The molecule has 0 aliphatic heterocycles. The summed E-state index contributed by atoms with van der Waals surface area (Å²) in [5.41, 5.74) is 0.481. The molecule has 1 atom stereocenters. The molecule has 0 amide bonds. The molecular weight excluding hydrogens is 528 g/mol. The number of allylic oxidation sites excluding steroid dienone is 1. The van der Waals surface area contributed by atoms with Gasteiger partial charge in [-0.05, 0) is 26.7 Å². The van der Waals surface area contributed by atoms with Crippen molar-refractivity contribution in [1.82, 2.24) is 0 Å². The predicted molar refractivity (Wildman–Crippen MR) is 173 cm³/mol. The summed E-state index contributed by atoms with van der Waals surface area (Å²) in [5, 5.41) is 0. The summed E-state index contributed by atoms with van der Waals surface area (Å²) in [6.07, 6.45) is 28.3. The Kier molecular flexibility index (Phi) is 29.3. The first-order valence-electron chi connectivity index (χ1n) is 17.6. The summed E-state index contributed by atoms with van der Waals surface area (Å²) in [7, 11) is 0. The molecule has 0 radical (unpaired) electrons. The lowest BCUT2D eigenvalue weighted by Gasteiger charge is -2.18. The zero-order valence-electron chi connectivity index (χ0n) is 28.0. The molecule has 0 fully saturated rings. The average Bonchev–Trinajstić information content (AvgIpc) is 2.99. The molecule has 0 bridgehead atoms. The summed E-state index contributed by atoms with van der Waals surface area (Å²) in [6.45, 7) is 7.70. The maximum Gasteiger partial charge on any atom is 0.333 e. The Balaban J connectivity index is 4.18. The minimum Gasteiger partial charge on any atom is -0.462 e. The van der Waals surface area contributed by atoms with Crippen LogP contribution >= 0.6 is 0 Å². The van der Waals surface area contributed by atoms with Crippen molar-refractivity contribution >= 4 is 17.9 Å². The van der Waals surface area contributed by atoms with Gasteiger partial charge in [0, 0.05) is 18.4 Å². The van der Waals surface area contributed by atoms with E-state index in [4.69, 9.17) is 14.2 Å². The molecule has 0 rings (SSSR count). The van der Waals surface area contributed by atoms with Gasteiger partial charge < -0.3 is 14.2 Å². The summed E-state index contributed by atoms with van der Waals surface area (Å²) in [6, 6.07) is 0. The van der Waals surface area contributed by atoms with Crippen LogP contribution in [0.4, 0.5) is 0 Å². The molecule has 0 saturated heterocycles. The van der Waals surface area contributed by atoms with Crippen LogP contribution in [0.15, 0.2) is 11.6 Å². The molecule has 42 heavy (non-hydrogen) atoms. The Hall–Kier alpha value is -1.85. The summed E-state index contributed by atoms with van der Waals surface area (Å²) in [4.78, 5) is 36.8. The topological polar surface area (TPSA) is 78.9 Å².